The van der Waals surface area contributed by atoms with Gasteiger partial charge in [-0.1, -0.05) is 12.1 Å². The highest BCUT2D eigenvalue weighted by molar-refractivity contribution is 9.10. The summed E-state index contributed by atoms with van der Waals surface area (Å²) >= 11 is 3.52. The van der Waals surface area contributed by atoms with Gasteiger partial charge >= 0.3 is 0 Å². The first-order valence-corrected chi connectivity index (χ1v) is 8.25. The van der Waals surface area contributed by atoms with E-state index < -0.39 is 0 Å². The van der Waals surface area contributed by atoms with E-state index in [9.17, 15) is 4.39 Å². The molecule has 3 heterocycles. The highest BCUT2D eigenvalue weighted by Crippen LogP contribution is 2.31. The van der Waals surface area contributed by atoms with Crippen LogP contribution >= 0.6 is 15.9 Å². The van der Waals surface area contributed by atoms with E-state index >= 15 is 0 Å². The van der Waals surface area contributed by atoms with Gasteiger partial charge in [-0.05, 0) is 53.5 Å². The Labute approximate surface area is 142 Å². The van der Waals surface area contributed by atoms with Gasteiger partial charge in [0.1, 0.15) is 5.82 Å². The van der Waals surface area contributed by atoms with Crippen LogP contribution in [-0.2, 0) is 6.42 Å². The average Bonchev–Trinajstić information content (AvgIpc) is 2.92. The third-order valence-corrected chi connectivity index (χ3v) is 4.75. The lowest BCUT2D eigenvalue weighted by atomic mass is 9.86. The van der Waals surface area contributed by atoms with E-state index in [1.807, 2.05) is 42.6 Å². The molecule has 1 aromatic carbocycles. The number of aliphatic imine (C=N–C) groups is 1. The van der Waals surface area contributed by atoms with Crippen molar-refractivity contribution in [3.8, 4) is 0 Å². The zero-order chi connectivity index (χ0) is 16.2. The van der Waals surface area contributed by atoms with Crippen molar-refractivity contribution < 1.29 is 4.39 Å². The summed E-state index contributed by atoms with van der Waals surface area (Å²) in [5.41, 5.74) is 3.73. The van der Waals surface area contributed by atoms with Crippen molar-refractivity contribution in [2.24, 2.45) is 4.99 Å². The van der Waals surface area contributed by atoms with Gasteiger partial charge in [-0.25, -0.2) is 9.37 Å². The molecule has 0 aliphatic carbocycles. The average molecular weight is 372 g/mol. The second-order valence-corrected chi connectivity index (χ2v) is 7.26. The van der Waals surface area contributed by atoms with Crippen molar-refractivity contribution in [1.29, 1.82) is 0 Å². The summed E-state index contributed by atoms with van der Waals surface area (Å²) < 4.78 is 17.2. The molecule has 0 atom stereocenters. The van der Waals surface area contributed by atoms with Crippen LogP contribution in [0.5, 0.6) is 0 Å². The summed E-state index contributed by atoms with van der Waals surface area (Å²) in [4.78, 5) is 9.37. The fourth-order valence-electron chi connectivity index (χ4n) is 3.14. The van der Waals surface area contributed by atoms with E-state index in [1.165, 1.54) is 6.07 Å². The van der Waals surface area contributed by atoms with E-state index in [2.05, 4.69) is 20.9 Å². The highest BCUT2D eigenvalue weighted by Gasteiger charge is 2.30. The van der Waals surface area contributed by atoms with Gasteiger partial charge in [0.2, 0.25) is 0 Å². The minimum absolute atomic E-state index is 0.169. The molecule has 23 heavy (non-hydrogen) atoms. The first-order valence-electron chi connectivity index (χ1n) is 7.46. The second-order valence-electron chi connectivity index (χ2n) is 6.41. The Morgan fingerprint density at radius 2 is 2.04 bits per heavy atom. The van der Waals surface area contributed by atoms with Crippen molar-refractivity contribution in [2.45, 2.75) is 25.8 Å². The minimum Gasteiger partial charge on any atom is -0.297 e. The molecule has 0 saturated heterocycles. The molecule has 5 heteroatoms. The molecule has 2 aromatic heterocycles. The number of rotatable bonds is 1. The summed E-state index contributed by atoms with van der Waals surface area (Å²) in [5, 5.41) is 0. The Bertz CT molecular complexity index is 956. The standard InChI is InChI=1S/C18H15BrFN3/c1-18(2)9-12-11(5-3-7-14(12)20)16(22-18)15-10-21-17-13(19)6-4-8-23(15)17/h3-8,10H,9H2,1-2H3. The van der Waals surface area contributed by atoms with E-state index in [1.54, 1.807) is 12.3 Å². The lowest BCUT2D eigenvalue weighted by Crippen LogP contribution is -2.30. The maximum atomic E-state index is 14.3. The van der Waals surface area contributed by atoms with Crippen molar-refractivity contribution in [3.63, 3.8) is 0 Å². The van der Waals surface area contributed by atoms with E-state index in [4.69, 9.17) is 4.99 Å². The maximum absolute atomic E-state index is 14.3. The van der Waals surface area contributed by atoms with Gasteiger partial charge in [0.15, 0.2) is 5.65 Å². The van der Waals surface area contributed by atoms with Gasteiger partial charge < -0.3 is 0 Å². The molecule has 0 fully saturated rings. The molecule has 3 nitrogen and oxygen atoms in total. The number of aromatic nitrogens is 2. The van der Waals surface area contributed by atoms with Gasteiger partial charge in [0.25, 0.3) is 0 Å². The molecular formula is C18H15BrFN3. The molecule has 0 spiro atoms. The molecule has 1 aliphatic heterocycles. The third-order valence-electron chi connectivity index (χ3n) is 4.13. The fourth-order valence-corrected chi connectivity index (χ4v) is 3.59. The second kappa shape index (κ2) is 4.99. The SMILES string of the molecule is CC1(C)Cc2c(F)cccc2C(c2cnc3c(Br)cccn23)=N1. The molecule has 4 rings (SSSR count). The summed E-state index contributed by atoms with van der Waals surface area (Å²) in [7, 11) is 0. The van der Waals surface area contributed by atoms with Gasteiger partial charge in [-0.3, -0.25) is 9.39 Å². The lowest BCUT2D eigenvalue weighted by Gasteiger charge is -2.29. The predicted octanol–water partition coefficient (Wildman–Crippen LogP) is 4.41. The van der Waals surface area contributed by atoms with Gasteiger partial charge in [-0.15, -0.1) is 0 Å². The van der Waals surface area contributed by atoms with Crippen LogP contribution in [0, 0.1) is 5.82 Å². The molecule has 0 radical (unpaired) electrons. The Hall–Kier alpha value is -2.01. The van der Waals surface area contributed by atoms with Crippen molar-refractivity contribution in [3.05, 3.63) is 69.8 Å². The van der Waals surface area contributed by atoms with E-state index in [-0.39, 0.29) is 11.4 Å². The monoisotopic (exact) mass is 371 g/mol. The van der Waals surface area contributed by atoms with Crippen LogP contribution in [-0.4, -0.2) is 20.6 Å². The molecule has 1 aliphatic rings. The summed E-state index contributed by atoms with van der Waals surface area (Å²) in [6.07, 6.45) is 4.35. The van der Waals surface area contributed by atoms with Crippen LogP contribution in [0.3, 0.4) is 0 Å². The molecule has 0 bridgehead atoms. The number of hydrogen-bond acceptors (Lipinski definition) is 2. The van der Waals surface area contributed by atoms with Gasteiger partial charge in [0, 0.05) is 18.2 Å². The maximum Gasteiger partial charge on any atom is 0.151 e. The van der Waals surface area contributed by atoms with Gasteiger partial charge in [0.05, 0.1) is 27.6 Å². The zero-order valence-corrected chi connectivity index (χ0v) is 14.4. The summed E-state index contributed by atoms with van der Waals surface area (Å²) in [6, 6.07) is 9.09. The van der Waals surface area contributed by atoms with Crippen LogP contribution in [0.1, 0.15) is 30.7 Å². The van der Waals surface area contributed by atoms with Crippen molar-refractivity contribution in [1.82, 2.24) is 9.38 Å². The number of benzene rings is 1. The number of pyridine rings is 1. The largest absolute Gasteiger partial charge is 0.297 e. The molecular weight excluding hydrogens is 357 g/mol. The van der Waals surface area contributed by atoms with E-state index in [0.717, 1.165) is 32.7 Å². The normalized spacial score (nSPS) is 16.3. The molecule has 0 amide bonds. The molecule has 3 aromatic rings. The van der Waals surface area contributed by atoms with Crippen LogP contribution in [0.25, 0.3) is 5.65 Å². The minimum atomic E-state index is -0.347. The van der Waals surface area contributed by atoms with E-state index in [0.29, 0.717) is 6.42 Å². The number of hydrogen-bond donors (Lipinski definition) is 0. The highest BCUT2D eigenvalue weighted by atomic mass is 79.9. The third kappa shape index (κ3) is 2.30. The van der Waals surface area contributed by atoms with Gasteiger partial charge in [-0.2, -0.15) is 0 Å². The first kappa shape index (κ1) is 14.6. The smallest absolute Gasteiger partial charge is 0.151 e. The zero-order valence-electron chi connectivity index (χ0n) is 12.8. The molecule has 116 valence electrons. The van der Waals surface area contributed by atoms with Crippen LogP contribution < -0.4 is 0 Å². The first-order chi connectivity index (χ1) is 11.0. The predicted molar refractivity (Wildman–Crippen MR) is 92.7 cm³/mol. The van der Waals surface area contributed by atoms with Crippen LogP contribution in [0.4, 0.5) is 4.39 Å². The van der Waals surface area contributed by atoms with Crippen molar-refractivity contribution >= 4 is 27.3 Å². The van der Waals surface area contributed by atoms with Crippen LogP contribution in [0.15, 0.2) is 52.2 Å². The number of halogens is 2. The molecule has 0 N–H and O–H groups in total. The number of imidazole rings is 1. The Kier molecular flexibility index (Phi) is 3.17. The lowest BCUT2D eigenvalue weighted by molar-refractivity contribution is 0.492. The van der Waals surface area contributed by atoms with Crippen molar-refractivity contribution in [2.75, 3.05) is 0 Å². The topological polar surface area (TPSA) is 29.7 Å². The number of fused-ring (bicyclic) bond motifs is 2. The Morgan fingerprint density at radius 1 is 1.22 bits per heavy atom. The summed E-state index contributed by atoms with van der Waals surface area (Å²) in [5.74, 6) is -0.169. The quantitative estimate of drug-likeness (QED) is 0.622. The fraction of sp³-hybridized carbons (Fsp3) is 0.222. The number of nitrogens with zero attached hydrogens (tertiary/aromatic N) is 3. The molecule has 0 saturated carbocycles. The summed E-state index contributed by atoms with van der Waals surface area (Å²) in [6.45, 7) is 4.06. The molecule has 0 unspecified atom stereocenters. The Balaban J connectivity index is 2.02. The van der Waals surface area contributed by atoms with Crippen LogP contribution in [0.2, 0.25) is 0 Å². The Morgan fingerprint density at radius 3 is 2.87 bits per heavy atom.